The van der Waals surface area contributed by atoms with Gasteiger partial charge in [0.25, 0.3) is 0 Å². The van der Waals surface area contributed by atoms with Crippen molar-refractivity contribution < 1.29 is 19.0 Å². The topological polar surface area (TPSA) is 60.0 Å². The van der Waals surface area contributed by atoms with E-state index in [9.17, 15) is 4.79 Å². The van der Waals surface area contributed by atoms with Crippen molar-refractivity contribution in [1.82, 2.24) is 10.2 Å². The molecule has 0 spiro atoms. The minimum absolute atomic E-state index is 0.131. The van der Waals surface area contributed by atoms with Gasteiger partial charge >= 0.3 is 0 Å². The van der Waals surface area contributed by atoms with Crippen LogP contribution in [0.2, 0.25) is 0 Å². The summed E-state index contributed by atoms with van der Waals surface area (Å²) in [5, 5.41) is 8.45. The van der Waals surface area contributed by atoms with Crippen molar-refractivity contribution in [2.45, 2.75) is 50.4 Å². The number of nitrogens with one attached hydrogen (secondary N) is 1. The van der Waals surface area contributed by atoms with Crippen LogP contribution in [-0.2, 0) is 11.3 Å². The van der Waals surface area contributed by atoms with Gasteiger partial charge in [-0.05, 0) is 76.2 Å². The Bertz CT molecular complexity index is 1250. The Hall–Kier alpha value is -2.99. The minimum atomic E-state index is 0.131. The smallest absolute Gasteiger partial charge is 0.223 e. The molecule has 6 rings (SSSR count). The molecule has 0 unspecified atom stereocenters. The third-order valence-electron chi connectivity index (χ3n) is 7.37. The van der Waals surface area contributed by atoms with Crippen LogP contribution in [-0.4, -0.2) is 44.2 Å². The fourth-order valence-electron chi connectivity index (χ4n) is 5.66. The van der Waals surface area contributed by atoms with Crippen molar-refractivity contribution in [3.63, 3.8) is 0 Å². The molecule has 0 bridgehead atoms. The van der Waals surface area contributed by atoms with Crippen LogP contribution in [0.4, 0.5) is 0 Å². The van der Waals surface area contributed by atoms with Crippen LogP contribution in [0.3, 0.4) is 0 Å². The second-order valence-electron chi connectivity index (χ2n) is 9.10. The lowest BCUT2D eigenvalue weighted by Gasteiger charge is -2.40. The molecule has 0 radical (unpaired) electrons. The van der Waals surface area contributed by atoms with Gasteiger partial charge in [-0.15, -0.1) is 0 Å². The Labute approximate surface area is 187 Å². The molecule has 3 aromatic carbocycles. The molecular weight excluding hydrogens is 404 g/mol. The van der Waals surface area contributed by atoms with Crippen LogP contribution in [0, 0.1) is 0 Å². The molecule has 2 atom stereocenters. The molecule has 32 heavy (non-hydrogen) atoms. The van der Waals surface area contributed by atoms with Gasteiger partial charge in [0, 0.05) is 19.0 Å². The number of methoxy groups -OCH3 is 3. The Morgan fingerprint density at radius 2 is 1.59 bits per heavy atom. The molecule has 1 saturated carbocycles. The van der Waals surface area contributed by atoms with Gasteiger partial charge in [0.05, 0.1) is 33.4 Å². The fourth-order valence-corrected chi connectivity index (χ4v) is 5.66. The third kappa shape index (κ3) is 2.85. The number of ether oxygens (including phenoxy) is 3. The van der Waals surface area contributed by atoms with Gasteiger partial charge in [0.15, 0.2) is 11.5 Å². The number of fused-ring (bicyclic) bond motifs is 7. The van der Waals surface area contributed by atoms with E-state index >= 15 is 0 Å². The molecule has 1 aliphatic carbocycles. The first-order valence-electron chi connectivity index (χ1n) is 11.4. The zero-order valence-corrected chi connectivity index (χ0v) is 18.7. The fraction of sp³-hybridized carbons (Fsp3) is 0.423. The van der Waals surface area contributed by atoms with Crippen LogP contribution >= 0.6 is 0 Å². The summed E-state index contributed by atoms with van der Waals surface area (Å²) in [5.41, 5.74) is 2.54. The SMILES string of the molecule is COc1ccc2c3c(c4cc(OC)c(OC)cc4c2c1)CN1C(=O)CC[C@H]1[C@@H]3NC1CC1. The van der Waals surface area contributed by atoms with E-state index in [2.05, 4.69) is 34.5 Å². The molecule has 0 aromatic heterocycles. The summed E-state index contributed by atoms with van der Waals surface area (Å²) in [4.78, 5) is 14.9. The number of rotatable bonds is 5. The van der Waals surface area contributed by atoms with Crippen molar-refractivity contribution in [3.05, 3.63) is 41.5 Å². The first kappa shape index (κ1) is 19.7. The molecule has 2 aliphatic heterocycles. The van der Waals surface area contributed by atoms with E-state index in [1.165, 1.54) is 29.4 Å². The Kier molecular flexibility index (Phi) is 4.47. The molecule has 6 heteroatoms. The van der Waals surface area contributed by atoms with Gasteiger partial charge < -0.3 is 24.4 Å². The second kappa shape index (κ2) is 7.27. The van der Waals surface area contributed by atoms with Gasteiger partial charge in [-0.25, -0.2) is 0 Å². The Morgan fingerprint density at radius 3 is 2.28 bits per heavy atom. The highest BCUT2D eigenvalue weighted by molar-refractivity contribution is 6.12. The summed E-state index contributed by atoms with van der Waals surface area (Å²) in [5.74, 6) is 2.48. The predicted molar refractivity (Wildman–Crippen MR) is 124 cm³/mol. The maximum absolute atomic E-state index is 12.8. The van der Waals surface area contributed by atoms with E-state index in [4.69, 9.17) is 14.2 Å². The van der Waals surface area contributed by atoms with Crippen molar-refractivity contribution >= 4 is 27.5 Å². The van der Waals surface area contributed by atoms with E-state index in [0.29, 0.717) is 30.5 Å². The highest BCUT2D eigenvalue weighted by Gasteiger charge is 2.44. The van der Waals surface area contributed by atoms with Gasteiger partial charge in [0.2, 0.25) is 5.91 Å². The number of carbonyl (C=O) groups is 1. The van der Waals surface area contributed by atoms with Crippen LogP contribution in [0.25, 0.3) is 21.5 Å². The summed E-state index contributed by atoms with van der Waals surface area (Å²) in [6.07, 6.45) is 3.94. The molecular formula is C26H28N2O4. The van der Waals surface area contributed by atoms with Crippen LogP contribution in [0.5, 0.6) is 17.2 Å². The quantitative estimate of drug-likeness (QED) is 0.609. The molecule has 2 fully saturated rings. The zero-order valence-electron chi connectivity index (χ0n) is 18.7. The molecule has 3 aliphatic rings. The van der Waals surface area contributed by atoms with Gasteiger partial charge in [-0.2, -0.15) is 0 Å². The molecule has 1 amide bonds. The largest absolute Gasteiger partial charge is 0.497 e. The Balaban J connectivity index is 1.71. The van der Waals surface area contributed by atoms with E-state index < -0.39 is 0 Å². The van der Waals surface area contributed by atoms with Crippen LogP contribution < -0.4 is 19.5 Å². The molecule has 166 valence electrons. The van der Waals surface area contributed by atoms with Crippen molar-refractivity contribution in [1.29, 1.82) is 0 Å². The monoisotopic (exact) mass is 432 g/mol. The summed E-state index contributed by atoms with van der Waals surface area (Å²) in [7, 11) is 5.02. The highest BCUT2D eigenvalue weighted by atomic mass is 16.5. The summed E-state index contributed by atoms with van der Waals surface area (Å²) < 4.78 is 16.9. The standard InChI is InChI=1S/C26H28N2O4/c1-30-15-6-7-16-17(10-15)18-11-22(31-2)23(32-3)12-19(18)20-13-28-21(8-9-24(28)29)26(25(16)20)27-14-4-5-14/h6-7,10-12,14,21,26-27H,4-5,8-9,13H2,1-3H3/t21-,26-/m0/s1. The third-order valence-corrected chi connectivity index (χ3v) is 7.37. The normalized spacial score (nSPS) is 22.2. The molecule has 1 N–H and O–H groups in total. The predicted octanol–water partition coefficient (Wildman–Crippen LogP) is 4.32. The summed E-state index contributed by atoms with van der Waals surface area (Å²) in [6.45, 7) is 0.635. The second-order valence-corrected chi connectivity index (χ2v) is 9.10. The average Bonchev–Trinajstić information content (AvgIpc) is 3.58. The van der Waals surface area contributed by atoms with Gasteiger partial charge in [0.1, 0.15) is 5.75 Å². The van der Waals surface area contributed by atoms with E-state index in [1.54, 1.807) is 21.3 Å². The first-order valence-corrected chi connectivity index (χ1v) is 11.4. The van der Waals surface area contributed by atoms with Gasteiger partial charge in [-0.1, -0.05) is 6.07 Å². The van der Waals surface area contributed by atoms with Crippen molar-refractivity contribution in [2.75, 3.05) is 21.3 Å². The number of hydrogen-bond acceptors (Lipinski definition) is 5. The van der Waals surface area contributed by atoms with E-state index in [1.807, 2.05) is 6.07 Å². The molecule has 6 nitrogen and oxygen atoms in total. The van der Waals surface area contributed by atoms with Crippen LogP contribution in [0.15, 0.2) is 30.3 Å². The maximum Gasteiger partial charge on any atom is 0.223 e. The Morgan fingerprint density at radius 1 is 0.875 bits per heavy atom. The molecule has 1 saturated heterocycles. The minimum Gasteiger partial charge on any atom is -0.497 e. The molecule has 2 heterocycles. The van der Waals surface area contributed by atoms with Crippen molar-refractivity contribution in [2.24, 2.45) is 0 Å². The first-order chi connectivity index (χ1) is 15.6. The number of amides is 1. The lowest BCUT2D eigenvalue weighted by molar-refractivity contribution is -0.130. The summed E-state index contributed by atoms with van der Waals surface area (Å²) in [6, 6.07) is 11.3. The number of carbonyl (C=O) groups excluding carboxylic acids is 1. The van der Waals surface area contributed by atoms with E-state index in [0.717, 1.165) is 28.3 Å². The lowest BCUT2D eigenvalue weighted by Crippen LogP contribution is -2.47. The van der Waals surface area contributed by atoms with Gasteiger partial charge in [-0.3, -0.25) is 4.79 Å². The average molecular weight is 433 g/mol. The van der Waals surface area contributed by atoms with Crippen LogP contribution in [0.1, 0.15) is 42.9 Å². The number of hydrogen-bond donors (Lipinski definition) is 1. The molecule has 3 aromatic rings. The number of benzene rings is 3. The summed E-state index contributed by atoms with van der Waals surface area (Å²) >= 11 is 0. The lowest BCUT2D eigenvalue weighted by atomic mass is 9.82. The zero-order chi connectivity index (χ0) is 22.0. The highest BCUT2D eigenvalue weighted by Crippen LogP contribution is 2.48. The maximum atomic E-state index is 12.8. The van der Waals surface area contributed by atoms with Crippen molar-refractivity contribution in [3.8, 4) is 17.2 Å². The number of nitrogens with zero attached hydrogens (tertiary/aromatic N) is 1. The van der Waals surface area contributed by atoms with E-state index in [-0.39, 0.29) is 18.0 Å².